The largest absolute Gasteiger partial charge is 0.388 e. The fourth-order valence-corrected chi connectivity index (χ4v) is 2.88. The van der Waals surface area contributed by atoms with Gasteiger partial charge in [-0.25, -0.2) is 0 Å². The fraction of sp³-hybridized carbons (Fsp3) is 0.647. The normalized spacial score (nSPS) is 22.9. The maximum Gasteiger partial charge on any atom is 0.0796 e. The number of piperidine rings is 1. The molecule has 1 aliphatic heterocycles. The first kappa shape index (κ1) is 14.1. The summed E-state index contributed by atoms with van der Waals surface area (Å²) < 4.78 is 0. The lowest BCUT2D eigenvalue weighted by atomic mass is 9.91. The van der Waals surface area contributed by atoms with Crippen molar-refractivity contribution in [3.63, 3.8) is 0 Å². The van der Waals surface area contributed by atoms with Crippen LogP contribution in [0.2, 0.25) is 0 Å². The summed E-state index contributed by atoms with van der Waals surface area (Å²) in [6, 6.07) is 9.46. The molecule has 110 valence electrons. The van der Waals surface area contributed by atoms with Crippen LogP contribution < -0.4 is 5.32 Å². The summed E-state index contributed by atoms with van der Waals surface area (Å²) in [5.74, 6) is 0. The highest BCUT2D eigenvalue weighted by atomic mass is 16.3. The summed E-state index contributed by atoms with van der Waals surface area (Å²) >= 11 is 0. The summed E-state index contributed by atoms with van der Waals surface area (Å²) in [4.78, 5) is 2.45. The molecule has 0 radical (unpaired) electrons. The maximum atomic E-state index is 10.6. The van der Waals surface area contributed by atoms with Crippen molar-refractivity contribution in [2.45, 2.75) is 50.8 Å². The molecule has 0 spiro atoms. The van der Waals surface area contributed by atoms with E-state index in [1.807, 2.05) is 0 Å². The predicted octanol–water partition coefficient (Wildman–Crippen LogP) is 2.07. The van der Waals surface area contributed by atoms with Gasteiger partial charge in [0.2, 0.25) is 0 Å². The van der Waals surface area contributed by atoms with Crippen LogP contribution in [0.1, 0.15) is 36.8 Å². The van der Waals surface area contributed by atoms with Crippen molar-refractivity contribution in [1.29, 1.82) is 0 Å². The number of aryl methyl sites for hydroxylation is 1. The maximum absolute atomic E-state index is 10.6. The SMILES string of the molecule is Cc1ccc(CN2CCC(O)(CNC3CC3)CC2)cc1. The molecule has 1 saturated heterocycles. The van der Waals surface area contributed by atoms with Gasteiger partial charge < -0.3 is 10.4 Å². The first-order valence-corrected chi connectivity index (χ1v) is 7.87. The molecule has 3 nitrogen and oxygen atoms in total. The van der Waals surface area contributed by atoms with Crippen LogP contribution in [0.3, 0.4) is 0 Å². The van der Waals surface area contributed by atoms with Gasteiger partial charge in [-0.15, -0.1) is 0 Å². The molecular formula is C17H26N2O. The lowest BCUT2D eigenvalue weighted by Crippen LogP contribution is -2.50. The third-order valence-electron chi connectivity index (χ3n) is 4.61. The lowest BCUT2D eigenvalue weighted by Gasteiger charge is -2.38. The third kappa shape index (κ3) is 3.81. The molecular weight excluding hydrogens is 248 g/mol. The summed E-state index contributed by atoms with van der Waals surface area (Å²) in [5.41, 5.74) is 2.21. The van der Waals surface area contributed by atoms with Crippen LogP contribution in [0, 0.1) is 6.92 Å². The zero-order valence-electron chi connectivity index (χ0n) is 12.4. The molecule has 1 saturated carbocycles. The Morgan fingerprint density at radius 2 is 1.85 bits per heavy atom. The number of hydrogen-bond acceptors (Lipinski definition) is 3. The Labute approximate surface area is 122 Å². The van der Waals surface area contributed by atoms with Crippen LogP contribution in [0.25, 0.3) is 0 Å². The summed E-state index contributed by atoms with van der Waals surface area (Å²) in [7, 11) is 0. The van der Waals surface area contributed by atoms with Gasteiger partial charge in [-0.05, 0) is 38.2 Å². The molecule has 0 unspecified atom stereocenters. The number of benzene rings is 1. The second-order valence-corrected chi connectivity index (χ2v) is 6.64. The summed E-state index contributed by atoms with van der Waals surface area (Å²) in [6.07, 6.45) is 4.35. The minimum Gasteiger partial charge on any atom is -0.388 e. The molecule has 2 fully saturated rings. The molecule has 1 aliphatic carbocycles. The van der Waals surface area contributed by atoms with Gasteiger partial charge in [-0.2, -0.15) is 0 Å². The zero-order chi connectivity index (χ0) is 14.0. The number of rotatable bonds is 5. The van der Waals surface area contributed by atoms with Crippen molar-refractivity contribution in [3.05, 3.63) is 35.4 Å². The van der Waals surface area contributed by atoms with Gasteiger partial charge in [0.25, 0.3) is 0 Å². The average molecular weight is 274 g/mol. The Kier molecular flexibility index (Phi) is 4.11. The lowest BCUT2D eigenvalue weighted by molar-refractivity contribution is -0.0219. The van der Waals surface area contributed by atoms with E-state index in [1.165, 1.54) is 24.0 Å². The first-order chi connectivity index (χ1) is 9.63. The van der Waals surface area contributed by atoms with E-state index < -0.39 is 5.60 Å². The monoisotopic (exact) mass is 274 g/mol. The number of aliphatic hydroxyl groups is 1. The first-order valence-electron chi connectivity index (χ1n) is 7.87. The van der Waals surface area contributed by atoms with E-state index in [1.54, 1.807) is 0 Å². The van der Waals surface area contributed by atoms with Gasteiger partial charge in [-0.3, -0.25) is 4.90 Å². The van der Waals surface area contributed by atoms with Gasteiger partial charge in [0.05, 0.1) is 5.60 Å². The smallest absolute Gasteiger partial charge is 0.0796 e. The number of likely N-dealkylation sites (tertiary alicyclic amines) is 1. The Balaban J connectivity index is 1.46. The van der Waals surface area contributed by atoms with Crippen LogP contribution in [0.5, 0.6) is 0 Å². The molecule has 2 N–H and O–H groups in total. The Bertz CT molecular complexity index is 431. The van der Waals surface area contributed by atoms with Crippen LogP contribution in [-0.2, 0) is 6.54 Å². The molecule has 0 bridgehead atoms. The zero-order valence-corrected chi connectivity index (χ0v) is 12.4. The highest BCUT2D eigenvalue weighted by Gasteiger charge is 2.33. The number of nitrogens with one attached hydrogen (secondary N) is 1. The minimum absolute atomic E-state index is 0.480. The van der Waals surface area contributed by atoms with E-state index in [4.69, 9.17) is 0 Å². The van der Waals surface area contributed by atoms with Crippen molar-refractivity contribution in [3.8, 4) is 0 Å². The van der Waals surface area contributed by atoms with Gasteiger partial charge in [0.1, 0.15) is 0 Å². The Hall–Kier alpha value is -0.900. The second kappa shape index (κ2) is 5.84. The Morgan fingerprint density at radius 3 is 2.45 bits per heavy atom. The van der Waals surface area contributed by atoms with Crippen molar-refractivity contribution in [1.82, 2.24) is 10.2 Å². The van der Waals surface area contributed by atoms with Gasteiger partial charge in [0, 0.05) is 32.2 Å². The fourth-order valence-electron chi connectivity index (χ4n) is 2.88. The van der Waals surface area contributed by atoms with E-state index in [-0.39, 0.29) is 0 Å². The van der Waals surface area contributed by atoms with E-state index >= 15 is 0 Å². The van der Waals surface area contributed by atoms with Gasteiger partial charge >= 0.3 is 0 Å². The van der Waals surface area contributed by atoms with Crippen LogP contribution in [0.4, 0.5) is 0 Å². The van der Waals surface area contributed by atoms with E-state index in [2.05, 4.69) is 41.4 Å². The Morgan fingerprint density at radius 1 is 1.20 bits per heavy atom. The van der Waals surface area contributed by atoms with Gasteiger partial charge in [-0.1, -0.05) is 29.8 Å². The van der Waals surface area contributed by atoms with Crippen molar-refractivity contribution in [2.75, 3.05) is 19.6 Å². The van der Waals surface area contributed by atoms with Crippen molar-refractivity contribution >= 4 is 0 Å². The molecule has 3 rings (SSSR count). The third-order valence-corrected chi connectivity index (χ3v) is 4.61. The molecule has 0 aromatic heterocycles. The molecule has 3 heteroatoms. The number of nitrogens with zero attached hydrogens (tertiary/aromatic N) is 1. The summed E-state index contributed by atoms with van der Waals surface area (Å²) in [5, 5.41) is 14.0. The van der Waals surface area contributed by atoms with Crippen molar-refractivity contribution in [2.24, 2.45) is 0 Å². The highest BCUT2D eigenvalue weighted by Crippen LogP contribution is 2.25. The minimum atomic E-state index is -0.480. The van der Waals surface area contributed by atoms with E-state index in [9.17, 15) is 5.11 Å². The van der Waals surface area contributed by atoms with Crippen LogP contribution >= 0.6 is 0 Å². The van der Waals surface area contributed by atoms with E-state index in [0.29, 0.717) is 6.04 Å². The topological polar surface area (TPSA) is 35.5 Å². The molecule has 0 amide bonds. The average Bonchev–Trinajstić information content (AvgIpc) is 3.26. The van der Waals surface area contributed by atoms with Crippen LogP contribution in [0.15, 0.2) is 24.3 Å². The van der Waals surface area contributed by atoms with Crippen LogP contribution in [-0.4, -0.2) is 41.3 Å². The quantitative estimate of drug-likeness (QED) is 0.863. The standard InChI is InChI=1S/C17H26N2O/c1-14-2-4-15(5-3-14)12-19-10-8-17(20,9-11-19)13-18-16-6-7-16/h2-5,16,18,20H,6-13H2,1H3. The highest BCUT2D eigenvalue weighted by molar-refractivity contribution is 5.21. The molecule has 1 heterocycles. The molecule has 20 heavy (non-hydrogen) atoms. The number of hydrogen-bond donors (Lipinski definition) is 2. The van der Waals surface area contributed by atoms with E-state index in [0.717, 1.165) is 39.0 Å². The van der Waals surface area contributed by atoms with Gasteiger partial charge in [0.15, 0.2) is 0 Å². The molecule has 2 aliphatic rings. The summed E-state index contributed by atoms with van der Waals surface area (Å²) in [6.45, 7) is 5.90. The van der Waals surface area contributed by atoms with Crippen molar-refractivity contribution < 1.29 is 5.11 Å². The molecule has 1 aromatic rings. The predicted molar refractivity (Wildman–Crippen MR) is 81.7 cm³/mol. The molecule has 0 atom stereocenters. The second-order valence-electron chi connectivity index (χ2n) is 6.64. The molecule has 1 aromatic carbocycles.